The second kappa shape index (κ2) is 8.48. The molecule has 0 radical (unpaired) electrons. The third-order valence-corrected chi connectivity index (χ3v) is 3.92. The number of sulfonamides is 1. The number of rotatable bonds is 7. The zero-order valence-electron chi connectivity index (χ0n) is 10.8. The Balaban J connectivity index is 0.00000289. The number of hydrogen-bond donors (Lipinski definition) is 2. The van der Waals surface area contributed by atoms with E-state index in [0.717, 1.165) is 12.8 Å². The largest absolute Gasteiger partial charge is 0.318 e. The number of nitrogens with one attached hydrogen (secondary N) is 2. The molecule has 0 saturated heterocycles. The van der Waals surface area contributed by atoms with Gasteiger partial charge in [-0.3, -0.25) is 0 Å². The Kier molecular flexibility index (Phi) is 8.18. The minimum absolute atomic E-state index is 0. The molecule has 4 nitrogen and oxygen atoms in total. The maximum absolute atomic E-state index is 11.8. The predicted octanol–water partition coefficient (Wildman–Crippen LogP) is 1.56. The zero-order chi connectivity index (χ0) is 12.7. The molecular weight excluding hydrogens is 272 g/mol. The first-order valence-electron chi connectivity index (χ1n) is 5.83. The fourth-order valence-electron chi connectivity index (χ4n) is 1.52. The molecule has 0 bridgehead atoms. The lowest BCUT2D eigenvalue weighted by atomic mass is 10.1. The summed E-state index contributed by atoms with van der Waals surface area (Å²) >= 11 is 0. The van der Waals surface area contributed by atoms with Crippen molar-refractivity contribution in [2.75, 3.05) is 20.1 Å². The van der Waals surface area contributed by atoms with E-state index in [1.54, 1.807) is 19.2 Å². The second-order valence-corrected chi connectivity index (χ2v) is 5.66. The monoisotopic (exact) mass is 292 g/mol. The molecule has 18 heavy (non-hydrogen) atoms. The van der Waals surface area contributed by atoms with E-state index in [1.807, 2.05) is 12.1 Å². The summed E-state index contributed by atoms with van der Waals surface area (Å²) in [4.78, 5) is 0.327. The van der Waals surface area contributed by atoms with Gasteiger partial charge in [0.15, 0.2) is 0 Å². The summed E-state index contributed by atoms with van der Waals surface area (Å²) in [5, 5.41) is 2.89. The molecule has 0 aliphatic rings. The Bertz CT molecular complexity index is 432. The van der Waals surface area contributed by atoms with Gasteiger partial charge in [-0.25, -0.2) is 13.1 Å². The highest BCUT2D eigenvalue weighted by molar-refractivity contribution is 7.89. The molecule has 2 N–H and O–H groups in total. The zero-order valence-corrected chi connectivity index (χ0v) is 12.4. The van der Waals surface area contributed by atoms with Crippen molar-refractivity contribution in [1.29, 1.82) is 0 Å². The second-order valence-electron chi connectivity index (χ2n) is 3.90. The number of hydrogen-bond acceptors (Lipinski definition) is 3. The number of benzene rings is 1. The highest BCUT2D eigenvalue weighted by atomic mass is 35.5. The maximum Gasteiger partial charge on any atom is 0.240 e. The van der Waals surface area contributed by atoms with Crippen LogP contribution in [-0.2, 0) is 16.4 Å². The summed E-state index contributed by atoms with van der Waals surface area (Å²) in [7, 11) is -1.57. The quantitative estimate of drug-likeness (QED) is 0.750. The summed E-state index contributed by atoms with van der Waals surface area (Å²) in [5.74, 6) is 0. The van der Waals surface area contributed by atoms with Crippen LogP contribution in [0.1, 0.15) is 18.9 Å². The van der Waals surface area contributed by atoms with Gasteiger partial charge < -0.3 is 5.32 Å². The fourth-order valence-corrected chi connectivity index (χ4v) is 2.55. The van der Waals surface area contributed by atoms with Crippen LogP contribution in [0.3, 0.4) is 0 Å². The van der Waals surface area contributed by atoms with Gasteiger partial charge in [-0.05, 0) is 31.2 Å². The van der Waals surface area contributed by atoms with Crippen molar-refractivity contribution in [2.24, 2.45) is 0 Å². The van der Waals surface area contributed by atoms with Gasteiger partial charge in [0.25, 0.3) is 0 Å². The maximum atomic E-state index is 11.8. The molecule has 1 aromatic rings. The van der Waals surface area contributed by atoms with Crippen LogP contribution in [0.4, 0.5) is 0 Å². The van der Waals surface area contributed by atoms with E-state index >= 15 is 0 Å². The molecule has 0 unspecified atom stereocenters. The molecule has 1 rings (SSSR count). The molecule has 0 heterocycles. The Morgan fingerprint density at radius 3 is 2.22 bits per heavy atom. The summed E-state index contributed by atoms with van der Waals surface area (Å²) < 4.78 is 26.2. The third-order valence-electron chi connectivity index (χ3n) is 2.44. The van der Waals surface area contributed by atoms with Gasteiger partial charge in [0.1, 0.15) is 0 Å². The van der Waals surface area contributed by atoms with E-state index in [1.165, 1.54) is 5.56 Å². The Hall–Kier alpha value is -0.620. The van der Waals surface area contributed by atoms with Gasteiger partial charge in [0, 0.05) is 13.1 Å². The van der Waals surface area contributed by atoms with Crippen molar-refractivity contribution in [3.8, 4) is 0 Å². The van der Waals surface area contributed by atoms with Gasteiger partial charge >= 0.3 is 0 Å². The van der Waals surface area contributed by atoms with Crippen LogP contribution >= 0.6 is 12.4 Å². The normalized spacial score (nSPS) is 11.0. The highest BCUT2D eigenvalue weighted by Gasteiger charge is 2.12. The third kappa shape index (κ3) is 5.35. The molecule has 0 saturated carbocycles. The van der Waals surface area contributed by atoms with E-state index in [4.69, 9.17) is 0 Å². The van der Waals surface area contributed by atoms with Crippen molar-refractivity contribution >= 4 is 22.4 Å². The van der Waals surface area contributed by atoms with Gasteiger partial charge in [-0.15, -0.1) is 12.4 Å². The van der Waals surface area contributed by atoms with Gasteiger partial charge in [-0.2, -0.15) is 0 Å². The summed E-state index contributed by atoms with van der Waals surface area (Å²) in [6, 6.07) is 7.06. The van der Waals surface area contributed by atoms with Gasteiger partial charge in [0.2, 0.25) is 10.0 Å². The van der Waals surface area contributed by atoms with E-state index < -0.39 is 10.0 Å². The first-order valence-corrected chi connectivity index (χ1v) is 7.31. The summed E-state index contributed by atoms with van der Waals surface area (Å²) in [6.07, 6.45) is 2.04. The lowest BCUT2D eigenvalue weighted by molar-refractivity contribution is 0.579. The van der Waals surface area contributed by atoms with Crippen molar-refractivity contribution in [1.82, 2.24) is 10.0 Å². The Labute approximate surface area is 116 Å². The predicted molar refractivity (Wildman–Crippen MR) is 76.8 cm³/mol. The minimum Gasteiger partial charge on any atom is -0.318 e. The average Bonchev–Trinajstić information content (AvgIpc) is 2.30. The van der Waals surface area contributed by atoms with E-state index in [0.29, 0.717) is 18.0 Å². The molecule has 0 aliphatic heterocycles. The lowest BCUT2D eigenvalue weighted by Gasteiger charge is -2.07. The molecular formula is C12H21ClN2O2S. The van der Waals surface area contributed by atoms with Crippen LogP contribution in [0.25, 0.3) is 0 Å². The number of aryl methyl sites for hydroxylation is 1. The Morgan fingerprint density at radius 2 is 1.72 bits per heavy atom. The molecule has 0 aliphatic carbocycles. The molecule has 0 aromatic heterocycles. The van der Waals surface area contributed by atoms with Crippen molar-refractivity contribution in [3.63, 3.8) is 0 Å². The SMILES string of the molecule is CCCc1ccc(S(=O)(=O)NCCNC)cc1.Cl. The topological polar surface area (TPSA) is 58.2 Å². The summed E-state index contributed by atoms with van der Waals surface area (Å²) in [5.41, 5.74) is 1.17. The first kappa shape index (κ1) is 17.4. The molecule has 1 aromatic carbocycles. The van der Waals surface area contributed by atoms with E-state index in [9.17, 15) is 8.42 Å². The minimum atomic E-state index is -3.35. The fraction of sp³-hybridized carbons (Fsp3) is 0.500. The van der Waals surface area contributed by atoms with Crippen LogP contribution in [0, 0.1) is 0 Å². The molecule has 0 amide bonds. The average molecular weight is 293 g/mol. The number of halogens is 1. The van der Waals surface area contributed by atoms with Crippen molar-refractivity contribution in [3.05, 3.63) is 29.8 Å². The lowest BCUT2D eigenvalue weighted by Crippen LogP contribution is -2.30. The Morgan fingerprint density at radius 1 is 1.11 bits per heavy atom. The summed E-state index contributed by atoms with van der Waals surface area (Å²) in [6.45, 7) is 3.12. The van der Waals surface area contributed by atoms with E-state index in [-0.39, 0.29) is 12.4 Å². The van der Waals surface area contributed by atoms with E-state index in [2.05, 4.69) is 17.0 Å². The van der Waals surface area contributed by atoms with Crippen molar-refractivity contribution < 1.29 is 8.42 Å². The molecule has 104 valence electrons. The van der Waals surface area contributed by atoms with Crippen molar-refractivity contribution in [2.45, 2.75) is 24.7 Å². The smallest absolute Gasteiger partial charge is 0.240 e. The van der Waals surface area contributed by atoms with Crippen LogP contribution in [0.15, 0.2) is 29.2 Å². The molecule has 0 fully saturated rings. The van der Waals surface area contributed by atoms with Gasteiger partial charge in [0.05, 0.1) is 4.90 Å². The standard InChI is InChI=1S/C12H20N2O2S.ClH/c1-3-4-11-5-7-12(8-6-11)17(15,16)14-10-9-13-2;/h5-8,13-14H,3-4,9-10H2,1-2H3;1H. The number of likely N-dealkylation sites (N-methyl/N-ethyl adjacent to an activating group) is 1. The highest BCUT2D eigenvalue weighted by Crippen LogP contribution is 2.11. The van der Waals surface area contributed by atoms with Crippen LogP contribution in [0.5, 0.6) is 0 Å². The van der Waals surface area contributed by atoms with Crippen LogP contribution < -0.4 is 10.0 Å². The molecule has 0 spiro atoms. The molecule has 0 atom stereocenters. The molecule has 6 heteroatoms. The van der Waals surface area contributed by atoms with Crippen LogP contribution in [0.2, 0.25) is 0 Å². The van der Waals surface area contributed by atoms with Gasteiger partial charge in [-0.1, -0.05) is 25.5 Å². The van der Waals surface area contributed by atoms with Crippen LogP contribution in [-0.4, -0.2) is 28.6 Å². The first-order chi connectivity index (χ1) is 8.10.